The summed E-state index contributed by atoms with van der Waals surface area (Å²) in [7, 11) is 1.45. The van der Waals surface area contributed by atoms with Crippen LogP contribution < -0.4 is 10.2 Å². The predicted molar refractivity (Wildman–Crippen MR) is 83.5 cm³/mol. The molecule has 1 fully saturated rings. The zero-order valence-corrected chi connectivity index (χ0v) is 12.9. The van der Waals surface area contributed by atoms with E-state index in [-0.39, 0.29) is 16.0 Å². The molecular weight excluding hydrogens is 312 g/mol. The molecule has 8 heteroatoms. The molecule has 1 aromatic carbocycles. The number of methoxy groups -OCH3 is 1. The lowest BCUT2D eigenvalue weighted by atomic mass is 10.2. The normalized spacial score (nSPS) is 16.5. The first-order valence-corrected chi connectivity index (χ1v) is 7.07. The van der Waals surface area contributed by atoms with Gasteiger partial charge in [-0.05, 0) is 36.0 Å². The Balaban J connectivity index is 2.26. The summed E-state index contributed by atoms with van der Waals surface area (Å²) < 4.78 is 5.20. The zero-order valence-electron chi connectivity index (χ0n) is 11.2. The summed E-state index contributed by atoms with van der Waals surface area (Å²) in [6.45, 7) is 1.30. The lowest BCUT2D eigenvalue weighted by Crippen LogP contribution is -2.43. The maximum Gasteiger partial charge on any atom is 0.285 e. The Labute approximate surface area is 130 Å². The molecule has 1 aliphatic rings. The number of hydrogen-bond donors (Lipinski definition) is 2. The maximum atomic E-state index is 12.1. The largest absolute Gasteiger partial charge is 0.504 e. The number of phenols is 1. The van der Waals surface area contributed by atoms with Crippen molar-refractivity contribution in [2.24, 2.45) is 0 Å². The average molecular weight is 324 g/mol. The van der Waals surface area contributed by atoms with Crippen molar-refractivity contribution in [3.63, 3.8) is 0 Å². The first-order valence-electron chi connectivity index (χ1n) is 5.84. The van der Waals surface area contributed by atoms with Gasteiger partial charge in [0.25, 0.3) is 5.91 Å². The molecule has 0 saturated carbocycles. The Bertz CT molecular complexity index is 658. The molecule has 0 aliphatic carbocycles. The van der Waals surface area contributed by atoms with Crippen molar-refractivity contribution in [1.82, 2.24) is 10.4 Å². The second kappa shape index (κ2) is 6.15. The molecule has 1 aromatic rings. The van der Waals surface area contributed by atoms with Gasteiger partial charge in [0.2, 0.25) is 5.91 Å². The van der Waals surface area contributed by atoms with Crippen LogP contribution in [0, 0.1) is 0 Å². The predicted octanol–water partition coefficient (Wildman–Crippen LogP) is 1.65. The number of hydrogen-bond acceptors (Lipinski definition) is 6. The molecule has 1 saturated heterocycles. The lowest BCUT2D eigenvalue weighted by molar-refractivity contribution is -0.131. The molecule has 21 heavy (non-hydrogen) atoms. The van der Waals surface area contributed by atoms with Gasteiger partial charge in [0.15, 0.2) is 15.8 Å². The van der Waals surface area contributed by atoms with Gasteiger partial charge in [-0.2, -0.15) is 5.01 Å². The number of thioether (sulfide) groups is 1. The summed E-state index contributed by atoms with van der Waals surface area (Å²) in [5, 5.41) is 10.7. The smallest absolute Gasteiger partial charge is 0.285 e. The van der Waals surface area contributed by atoms with Crippen molar-refractivity contribution in [2.75, 3.05) is 7.11 Å². The van der Waals surface area contributed by atoms with Crippen LogP contribution in [0.25, 0.3) is 6.08 Å². The number of amides is 2. The Morgan fingerprint density at radius 1 is 1.52 bits per heavy atom. The van der Waals surface area contributed by atoms with Crippen LogP contribution in [-0.2, 0) is 9.59 Å². The van der Waals surface area contributed by atoms with Crippen molar-refractivity contribution in [2.45, 2.75) is 6.92 Å². The summed E-state index contributed by atoms with van der Waals surface area (Å²) in [5.74, 6) is -0.466. The second-order valence-corrected chi connectivity index (χ2v) is 5.79. The van der Waals surface area contributed by atoms with Gasteiger partial charge in [0.05, 0.1) is 12.0 Å². The van der Waals surface area contributed by atoms with Crippen LogP contribution in [0.5, 0.6) is 11.5 Å². The highest BCUT2D eigenvalue weighted by atomic mass is 32.2. The quantitative estimate of drug-likeness (QED) is 0.650. The minimum Gasteiger partial charge on any atom is -0.504 e. The van der Waals surface area contributed by atoms with Crippen LogP contribution in [0.2, 0.25) is 0 Å². The minimum atomic E-state index is -0.407. The van der Waals surface area contributed by atoms with Crippen molar-refractivity contribution in [1.29, 1.82) is 0 Å². The number of aromatic hydroxyl groups is 1. The fraction of sp³-hybridized carbons (Fsp3) is 0.154. The van der Waals surface area contributed by atoms with Gasteiger partial charge in [-0.25, -0.2) is 0 Å². The molecule has 6 nitrogen and oxygen atoms in total. The van der Waals surface area contributed by atoms with Gasteiger partial charge in [0.1, 0.15) is 0 Å². The first-order chi connectivity index (χ1) is 9.92. The van der Waals surface area contributed by atoms with Crippen molar-refractivity contribution < 1.29 is 19.4 Å². The van der Waals surface area contributed by atoms with Gasteiger partial charge >= 0.3 is 0 Å². The van der Waals surface area contributed by atoms with Gasteiger partial charge in [-0.3, -0.25) is 15.0 Å². The number of nitrogens with zero attached hydrogens (tertiary/aromatic N) is 1. The van der Waals surface area contributed by atoms with Crippen LogP contribution in [0.1, 0.15) is 12.5 Å². The number of hydrazine groups is 1. The molecule has 0 radical (unpaired) electrons. The highest BCUT2D eigenvalue weighted by Crippen LogP contribution is 2.33. The highest BCUT2D eigenvalue weighted by molar-refractivity contribution is 8.26. The van der Waals surface area contributed by atoms with E-state index in [9.17, 15) is 14.7 Å². The van der Waals surface area contributed by atoms with Crippen LogP contribution >= 0.6 is 24.0 Å². The van der Waals surface area contributed by atoms with E-state index in [1.54, 1.807) is 18.2 Å². The van der Waals surface area contributed by atoms with E-state index < -0.39 is 5.91 Å². The number of benzene rings is 1. The SMILES string of the molecule is COc1ccc(/C=C2\SC(=S)N(NC(C)=O)C2=O)cc1O. The third kappa shape index (κ3) is 3.34. The molecule has 0 unspecified atom stereocenters. The van der Waals surface area contributed by atoms with E-state index in [2.05, 4.69) is 5.43 Å². The Hall–Kier alpha value is -2.06. The fourth-order valence-corrected chi connectivity index (χ4v) is 2.85. The second-order valence-electron chi connectivity index (χ2n) is 4.12. The molecule has 2 rings (SSSR count). The van der Waals surface area contributed by atoms with E-state index in [1.165, 1.54) is 20.1 Å². The van der Waals surface area contributed by atoms with Crippen molar-refractivity contribution >= 4 is 46.2 Å². The molecule has 1 aliphatic heterocycles. The summed E-state index contributed by atoms with van der Waals surface area (Å²) in [4.78, 5) is 23.5. The summed E-state index contributed by atoms with van der Waals surface area (Å²) in [5.41, 5.74) is 2.98. The van der Waals surface area contributed by atoms with Crippen LogP contribution in [-0.4, -0.2) is 33.4 Å². The Morgan fingerprint density at radius 2 is 2.24 bits per heavy atom. The number of thiocarbonyl (C=S) groups is 1. The standard InChI is InChI=1S/C13H12N2O4S2/c1-7(16)14-15-12(18)11(21-13(15)20)6-8-3-4-10(19-2)9(17)5-8/h3-6,17H,1-2H3,(H,14,16)/b11-6-. The van der Waals surface area contributed by atoms with Gasteiger partial charge < -0.3 is 9.84 Å². The Morgan fingerprint density at radius 3 is 2.81 bits per heavy atom. The van der Waals surface area contributed by atoms with E-state index >= 15 is 0 Å². The number of nitrogens with one attached hydrogen (secondary N) is 1. The summed E-state index contributed by atoms with van der Waals surface area (Å²) in [6, 6.07) is 4.77. The van der Waals surface area contributed by atoms with E-state index in [0.29, 0.717) is 16.2 Å². The number of carbonyl (C=O) groups is 2. The number of carbonyl (C=O) groups excluding carboxylic acids is 2. The third-order valence-corrected chi connectivity index (χ3v) is 3.87. The van der Waals surface area contributed by atoms with Crippen LogP contribution in [0.4, 0.5) is 0 Å². The molecular formula is C13H12N2O4S2. The van der Waals surface area contributed by atoms with Gasteiger partial charge in [-0.1, -0.05) is 17.8 Å². The fourth-order valence-electron chi connectivity index (χ4n) is 1.67. The zero-order chi connectivity index (χ0) is 15.6. The average Bonchev–Trinajstić information content (AvgIpc) is 2.66. The number of phenolic OH excluding ortho intramolecular Hbond substituents is 1. The highest BCUT2D eigenvalue weighted by Gasteiger charge is 2.32. The third-order valence-electron chi connectivity index (χ3n) is 2.56. The Kier molecular flexibility index (Phi) is 4.49. The summed E-state index contributed by atoms with van der Waals surface area (Å²) >= 11 is 6.11. The minimum absolute atomic E-state index is 0.0245. The van der Waals surface area contributed by atoms with E-state index in [1.807, 2.05) is 0 Å². The number of rotatable bonds is 3. The van der Waals surface area contributed by atoms with Gasteiger partial charge in [0, 0.05) is 6.92 Å². The molecule has 110 valence electrons. The molecule has 2 amide bonds. The maximum absolute atomic E-state index is 12.1. The molecule has 2 N–H and O–H groups in total. The first kappa shape index (κ1) is 15.3. The monoisotopic (exact) mass is 324 g/mol. The van der Waals surface area contributed by atoms with Crippen molar-refractivity contribution in [3.8, 4) is 11.5 Å². The molecule has 0 aromatic heterocycles. The topological polar surface area (TPSA) is 78.9 Å². The van der Waals surface area contributed by atoms with E-state index in [0.717, 1.165) is 16.8 Å². The summed E-state index contributed by atoms with van der Waals surface area (Å²) in [6.07, 6.45) is 1.58. The number of ether oxygens (including phenoxy) is 1. The molecule has 0 atom stereocenters. The van der Waals surface area contributed by atoms with Crippen molar-refractivity contribution in [3.05, 3.63) is 28.7 Å². The molecule has 1 heterocycles. The lowest BCUT2D eigenvalue weighted by Gasteiger charge is -2.13. The van der Waals surface area contributed by atoms with Crippen LogP contribution in [0.3, 0.4) is 0 Å². The van der Waals surface area contributed by atoms with E-state index in [4.69, 9.17) is 17.0 Å². The molecule has 0 spiro atoms. The molecule has 0 bridgehead atoms. The van der Waals surface area contributed by atoms with Crippen LogP contribution in [0.15, 0.2) is 23.1 Å². The van der Waals surface area contributed by atoms with Gasteiger partial charge in [-0.15, -0.1) is 0 Å².